The Labute approximate surface area is 172 Å². The van der Waals surface area contributed by atoms with Crippen molar-refractivity contribution in [3.8, 4) is 11.8 Å². The van der Waals surface area contributed by atoms with Gasteiger partial charge >= 0.3 is 0 Å². The number of benzene rings is 1. The molecule has 1 N–H and O–H groups in total. The molecule has 1 aromatic carbocycles. The Morgan fingerprint density at radius 1 is 1.14 bits per heavy atom. The Kier molecular flexibility index (Phi) is 6.38. The first-order chi connectivity index (χ1) is 13.5. The van der Waals surface area contributed by atoms with Crippen LogP contribution in [0.4, 0.5) is 5.69 Å². The van der Waals surface area contributed by atoms with Gasteiger partial charge in [0.25, 0.3) is 0 Å². The molecule has 0 atom stereocenters. The van der Waals surface area contributed by atoms with Crippen molar-refractivity contribution in [2.75, 3.05) is 37.7 Å². The molecule has 0 spiro atoms. The van der Waals surface area contributed by atoms with Crippen LogP contribution in [0, 0.1) is 36.7 Å². The fourth-order valence-electron chi connectivity index (χ4n) is 3.87. The Balaban J connectivity index is 1.75. The van der Waals surface area contributed by atoms with Gasteiger partial charge in [0.05, 0.1) is 44.0 Å². The van der Waals surface area contributed by atoms with E-state index >= 15 is 0 Å². The zero-order valence-electron chi connectivity index (χ0n) is 17.2. The SMILES string of the molecule is CCOc1ccccc1N1CC[NH+](Cn2c(C)c(C)c(C)c(C#N)c2=S)CC1. The quantitative estimate of drug-likeness (QED) is 0.788. The van der Waals surface area contributed by atoms with Crippen LogP contribution in [-0.2, 0) is 6.67 Å². The molecule has 0 radical (unpaired) electrons. The van der Waals surface area contributed by atoms with Gasteiger partial charge in [-0.15, -0.1) is 0 Å². The number of quaternary nitrogens is 1. The number of piperazine rings is 1. The van der Waals surface area contributed by atoms with Crippen molar-refractivity contribution < 1.29 is 9.64 Å². The molecule has 3 rings (SSSR count). The fourth-order valence-corrected chi connectivity index (χ4v) is 4.27. The molecule has 148 valence electrons. The highest BCUT2D eigenvalue weighted by Gasteiger charge is 2.23. The fraction of sp³-hybridized carbons (Fsp3) is 0.455. The zero-order valence-corrected chi connectivity index (χ0v) is 18.0. The van der Waals surface area contributed by atoms with E-state index in [2.05, 4.69) is 41.5 Å². The number of anilines is 1. The first-order valence-electron chi connectivity index (χ1n) is 9.89. The van der Waals surface area contributed by atoms with Crippen LogP contribution in [-0.4, -0.2) is 37.4 Å². The zero-order chi connectivity index (χ0) is 20.3. The smallest absolute Gasteiger partial charge is 0.157 e. The van der Waals surface area contributed by atoms with Gasteiger partial charge in [-0.2, -0.15) is 5.26 Å². The second-order valence-electron chi connectivity index (χ2n) is 7.35. The number of aromatic nitrogens is 1. The Morgan fingerprint density at radius 3 is 2.46 bits per heavy atom. The van der Waals surface area contributed by atoms with Gasteiger partial charge in [0, 0.05) is 5.69 Å². The number of para-hydroxylation sites is 2. The maximum atomic E-state index is 9.52. The third-order valence-corrected chi connectivity index (χ3v) is 6.24. The predicted octanol–water partition coefficient (Wildman–Crippen LogP) is 2.78. The number of nitriles is 1. The predicted molar refractivity (Wildman–Crippen MR) is 115 cm³/mol. The molecular formula is C22H29N4OS+. The number of nitrogens with one attached hydrogen (secondary N) is 1. The van der Waals surface area contributed by atoms with Crippen molar-refractivity contribution >= 4 is 17.9 Å². The molecule has 0 saturated carbocycles. The molecule has 1 saturated heterocycles. The van der Waals surface area contributed by atoms with Gasteiger partial charge in [-0.3, -0.25) is 4.57 Å². The number of ether oxygens (including phenoxy) is 1. The van der Waals surface area contributed by atoms with E-state index in [0.29, 0.717) is 16.8 Å². The minimum absolute atomic E-state index is 0.641. The van der Waals surface area contributed by atoms with Gasteiger partial charge in [0.1, 0.15) is 16.5 Å². The third kappa shape index (κ3) is 3.91. The van der Waals surface area contributed by atoms with E-state index in [1.54, 1.807) is 0 Å². The average molecular weight is 398 g/mol. The first-order valence-corrected chi connectivity index (χ1v) is 10.3. The summed E-state index contributed by atoms with van der Waals surface area (Å²) in [4.78, 5) is 3.89. The highest BCUT2D eigenvalue weighted by Crippen LogP contribution is 2.27. The van der Waals surface area contributed by atoms with Crippen LogP contribution in [0.2, 0.25) is 0 Å². The maximum Gasteiger partial charge on any atom is 0.157 e. The topological polar surface area (TPSA) is 45.6 Å². The Hall–Kier alpha value is -2.36. The van der Waals surface area contributed by atoms with Crippen molar-refractivity contribution in [2.45, 2.75) is 34.4 Å². The molecule has 2 heterocycles. The molecule has 0 amide bonds. The first kappa shape index (κ1) is 20.4. The molecule has 0 unspecified atom stereocenters. The largest absolute Gasteiger partial charge is 0.492 e. The summed E-state index contributed by atoms with van der Waals surface area (Å²) in [5.74, 6) is 0.958. The van der Waals surface area contributed by atoms with Gasteiger partial charge in [-0.05, 0) is 51.0 Å². The monoisotopic (exact) mass is 397 g/mol. The summed E-state index contributed by atoms with van der Waals surface area (Å²) in [6.45, 7) is 13.7. The van der Waals surface area contributed by atoms with Crippen molar-refractivity contribution in [2.24, 2.45) is 0 Å². The Bertz CT molecular complexity index is 952. The molecule has 1 fully saturated rings. The van der Waals surface area contributed by atoms with Crippen LogP contribution >= 0.6 is 12.2 Å². The summed E-state index contributed by atoms with van der Waals surface area (Å²) < 4.78 is 8.61. The van der Waals surface area contributed by atoms with Gasteiger partial charge < -0.3 is 14.5 Å². The van der Waals surface area contributed by atoms with Crippen LogP contribution in [0.15, 0.2) is 24.3 Å². The van der Waals surface area contributed by atoms with Crippen LogP contribution in [0.5, 0.6) is 5.75 Å². The van der Waals surface area contributed by atoms with E-state index < -0.39 is 0 Å². The van der Waals surface area contributed by atoms with E-state index in [1.165, 1.54) is 10.6 Å². The minimum Gasteiger partial charge on any atom is -0.492 e. The summed E-state index contributed by atoms with van der Waals surface area (Å²) in [7, 11) is 0. The van der Waals surface area contributed by atoms with Crippen LogP contribution in [0.25, 0.3) is 0 Å². The van der Waals surface area contributed by atoms with Gasteiger partial charge in [0.2, 0.25) is 0 Å². The van der Waals surface area contributed by atoms with Crippen LogP contribution < -0.4 is 14.5 Å². The number of nitrogens with zero attached hydrogens (tertiary/aromatic N) is 3. The molecule has 5 nitrogen and oxygen atoms in total. The highest BCUT2D eigenvalue weighted by atomic mass is 32.1. The number of hydrogen-bond donors (Lipinski definition) is 1. The lowest BCUT2D eigenvalue weighted by molar-refractivity contribution is -0.923. The molecule has 0 aliphatic carbocycles. The second-order valence-corrected chi connectivity index (χ2v) is 7.74. The van der Waals surface area contributed by atoms with E-state index in [0.717, 1.165) is 55.4 Å². The second kappa shape index (κ2) is 8.76. The Morgan fingerprint density at radius 2 is 1.82 bits per heavy atom. The maximum absolute atomic E-state index is 9.52. The van der Waals surface area contributed by atoms with Gasteiger partial charge in [-0.25, -0.2) is 0 Å². The lowest BCUT2D eigenvalue weighted by atomic mass is 10.0. The molecule has 6 heteroatoms. The molecule has 0 bridgehead atoms. The van der Waals surface area contributed by atoms with Crippen molar-refractivity contribution in [1.29, 1.82) is 5.26 Å². The lowest BCUT2D eigenvalue weighted by Crippen LogP contribution is -3.14. The molecule has 1 aliphatic heterocycles. The number of rotatable bonds is 5. The van der Waals surface area contributed by atoms with E-state index in [4.69, 9.17) is 17.0 Å². The summed E-state index contributed by atoms with van der Waals surface area (Å²) in [5.41, 5.74) is 5.15. The van der Waals surface area contributed by atoms with Crippen LogP contribution in [0.3, 0.4) is 0 Å². The minimum atomic E-state index is 0.641. The summed E-state index contributed by atoms with van der Waals surface area (Å²) in [6.07, 6.45) is 0. The lowest BCUT2D eigenvalue weighted by Gasteiger charge is -2.35. The summed E-state index contributed by atoms with van der Waals surface area (Å²) >= 11 is 5.64. The van der Waals surface area contributed by atoms with E-state index in [9.17, 15) is 5.26 Å². The standard InChI is InChI=1S/C22H28N4OS/c1-5-27-21-9-7-6-8-20(21)25-12-10-24(11-13-25)15-26-18(4)16(2)17(3)19(14-23)22(26)28/h6-9H,5,10-13,15H2,1-4H3/p+1. The van der Waals surface area contributed by atoms with Gasteiger partial charge in [-0.1, -0.05) is 24.4 Å². The molecular weight excluding hydrogens is 368 g/mol. The summed E-state index contributed by atoms with van der Waals surface area (Å²) in [6, 6.07) is 10.6. The highest BCUT2D eigenvalue weighted by molar-refractivity contribution is 7.71. The average Bonchev–Trinajstić information content (AvgIpc) is 2.71. The van der Waals surface area contributed by atoms with Crippen LogP contribution in [0.1, 0.15) is 29.3 Å². The van der Waals surface area contributed by atoms with E-state index in [-0.39, 0.29) is 0 Å². The number of hydrogen-bond acceptors (Lipinski definition) is 4. The molecule has 2 aromatic rings. The van der Waals surface area contributed by atoms with Crippen molar-refractivity contribution in [3.05, 3.63) is 51.3 Å². The molecule has 28 heavy (non-hydrogen) atoms. The molecule has 1 aliphatic rings. The third-order valence-electron chi connectivity index (χ3n) is 5.81. The van der Waals surface area contributed by atoms with Gasteiger partial charge in [0.15, 0.2) is 6.67 Å². The summed E-state index contributed by atoms with van der Waals surface area (Å²) in [5, 5.41) is 9.52. The molecule has 1 aromatic heterocycles. The van der Waals surface area contributed by atoms with E-state index in [1.807, 2.05) is 26.0 Å². The van der Waals surface area contributed by atoms with Crippen molar-refractivity contribution in [3.63, 3.8) is 0 Å². The number of pyridine rings is 1. The normalized spacial score (nSPS) is 14.8. The van der Waals surface area contributed by atoms with Crippen molar-refractivity contribution in [1.82, 2.24) is 4.57 Å².